The number of piperidine rings is 1. The molecule has 0 spiro atoms. The van der Waals surface area contributed by atoms with E-state index in [0.717, 1.165) is 19.6 Å². The summed E-state index contributed by atoms with van der Waals surface area (Å²) in [5.74, 6) is 0.713. The monoisotopic (exact) mass is 238 g/mol. The summed E-state index contributed by atoms with van der Waals surface area (Å²) in [4.78, 5) is 13.6. The van der Waals surface area contributed by atoms with Gasteiger partial charge in [-0.05, 0) is 38.9 Å². The Labute approximate surface area is 103 Å². The second-order valence-electron chi connectivity index (χ2n) is 4.65. The summed E-state index contributed by atoms with van der Waals surface area (Å²) in [6.45, 7) is 4.04. The number of hydrogen-bond donors (Lipinski definition) is 2. The molecule has 5 heteroatoms. The van der Waals surface area contributed by atoms with Gasteiger partial charge in [-0.25, -0.2) is 0 Å². The van der Waals surface area contributed by atoms with Crippen molar-refractivity contribution >= 4 is 5.91 Å². The Kier molecular flexibility index (Phi) is 6.60. The second-order valence-corrected chi connectivity index (χ2v) is 4.65. The normalized spacial score (nSPS) is 16.8. The van der Waals surface area contributed by atoms with E-state index in [4.69, 9.17) is 5.26 Å². The van der Waals surface area contributed by atoms with Crippen LogP contribution in [0.3, 0.4) is 0 Å². The summed E-state index contributed by atoms with van der Waals surface area (Å²) in [5.41, 5.74) is 0. The Morgan fingerprint density at radius 1 is 1.53 bits per heavy atom. The fourth-order valence-electron chi connectivity index (χ4n) is 2.13. The summed E-state index contributed by atoms with van der Waals surface area (Å²) in [7, 11) is 1.98. The quantitative estimate of drug-likeness (QED) is 0.637. The number of nitriles is 1. The van der Waals surface area contributed by atoms with Gasteiger partial charge < -0.3 is 10.6 Å². The standard InChI is InChI=1S/C12H22N4O/c1-16(9-11-3-7-14-8-4-11)10-12(17)15-6-2-5-13/h11,14H,2-4,6-10H2,1H3,(H,15,17). The van der Waals surface area contributed by atoms with Crippen molar-refractivity contribution in [3.63, 3.8) is 0 Å². The van der Waals surface area contributed by atoms with Crippen LogP contribution in [0.2, 0.25) is 0 Å². The number of rotatable bonds is 6. The van der Waals surface area contributed by atoms with E-state index in [0.29, 0.717) is 25.4 Å². The van der Waals surface area contributed by atoms with Crippen molar-refractivity contribution in [3.8, 4) is 6.07 Å². The lowest BCUT2D eigenvalue weighted by molar-refractivity contribution is -0.122. The van der Waals surface area contributed by atoms with Crippen molar-refractivity contribution < 1.29 is 4.79 Å². The first-order chi connectivity index (χ1) is 8.22. The Bertz CT molecular complexity index is 268. The molecule has 0 unspecified atom stereocenters. The minimum atomic E-state index is 0.0108. The summed E-state index contributed by atoms with van der Waals surface area (Å²) >= 11 is 0. The molecule has 1 aliphatic heterocycles. The smallest absolute Gasteiger partial charge is 0.234 e. The van der Waals surface area contributed by atoms with Crippen molar-refractivity contribution in [2.45, 2.75) is 19.3 Å². The maximum Gasteiger partial charge on any atom is 0.234 e. The molecule has 0 saturated carbocycles. The first-order valence-corrected chi connectivity index (χ1v) is 6.25. The third kappa shape index (κ3) is 6.25. The molecule has 5 nitrogen and oxygen atoms in total. The molecule has 1 amide bonds. The van der Waals surface area contributed by atoms with Crippen LogP contribution < -0.4 is 10.6 Å². The number of amides is 1. The predicted molar refractivity (Wildman–Crippen MR) is 66.3 cm³/mol. The zero-order valence-corrected chi connectivity index (χ0v) is 10.5. The van der Waals surface area contributed by atoms with Crippen molar-refractivity contribution in [1.82, 2.24) is 15.5 Å². The molecule has 1 rings (SSSR count). The maximum absolute atomic E-state index is 11.5. The van der Waals surface area contributed by atoms with Gasteiger partial charge in [0.15, 0.2) is 0 Å². The average molecular weight is 238 g/mol. The van der Waals surface area contributed by atoms with E-state index in [1.807, 2.05) is 13.1 Å². The number of likely N-dealkylation sites (N-methyl/N-ethyl adjacent to an activating group) is 1. The molecule has 1 heterocycles. The predicted octanol–water partition coefficient (Wildman–Crippen LogP) is -0.0523. The van der Waals surface area contributed by atoms with Crippen molar-refractivity contribution in [2.24, 2.45) is 5.92 Å². The molecule has 96 valence electrons. The van der Waals surface area contributed by atoms with Crippen molar-refractivity contribution in [3.05, 3.63) is 0 Å². The van der Waals surface area contributed by atoms with Crippen LogP contribution in [0.4, 0.5) is 0 Å². The summed E-state index contributed by atoms with van der Waals surface area (Å²) < 4.78 is 0. The molecule has 0 aliphatic carbocycles. The van der Waals surface area contributed by atoms with Crippen molar-refractivity contribution in [1.29, 1.82) is 5.26 Å². The molecule has 1 saturated heterocycles. The van der Waals surface area contributed by atoms with Crippen LogP contribution in [-0.2, 0) is 4.79 Å². The van der Waals surface area contributed by atoms with Crippen LogP contribution in [-0.4, -0.2) is 50.6 Å². The Morgan fingerprint density at radius 3 is 2.88 bits per heavy atom. The fraction of sp³-hybridized carbons (Fsp3) is 0.833. The minimum Gasteiger partial charge on any atom is -0.354 e. The minimum absolute atomic E-state index is 0.0108. The number of carbonyl (C=O) groups excluding carboxylic acids is 1. The molecule has 17 heavy (non-hydrogen) atoms. The molecule has 0 aromatic carbocycles. The van der Waals surface area contributed by atoms with Gasteiger partial charge in [0.05, 0.1) is 19.0 Å². The van der Waals surface area contributed by atoms with Crippen LogP contribution in [0.25, 0.3) is 0 Å². The fourth-order valence-corrected chi connectivity index (χ4v) is 2.13. The highest BCUT2D eigenvalue weighted by atomic mass is 16.2. The van der Waals surface area contributed by atoms with Gasteiger partial charge in [0.25, 0.3) is 0 Å². The van der Waals surface area contributed by atoms with Crippen LogP contribution in [0.15, 0.2) is 0 Å². The maximum atomic E-state index is 11.5. The molecule has 0 bridgehead atoms. The Balaban J connectivity index is 2.12. The van der Waals surface area contributed by atoms with E-state index in [1.165, 1.54) is 12.8 Å². The van der Waals surface area contributed by atoms with Gasteiger partial charge in [0.2, 0.25) is 5.91 Å². The second kappa shape index (κ2) is 8.04. The summed E-state index contributed by atoms with van der Waals surface area (Å²) in [5, 5.41) is 14.4. The largest absolute Gasteiger partial charge is 0.354 e. The molecule has 0 aromatic rings. The topological polar surface area (TPSA) is 68.2 Å². The molecule has 0 aromatic heterocycles. The Morgan fingerprint density at radius 2 is 2.24 bits per heavy atom. The van der Waals surface area contributed by atoms with E-state index < -0.39 is 0 Å². The summed E-state index contributed by atoms with van der Waals surface area (Å²) in [6, 6.07) is 2.01. The molecule has 0 atom stereocenters. The lowest BCUT2D eigenvalue weighted by atomic mass is 9.98. The number of hydrogen-bond acceptors (Lipinski definition) is 4. The van der Waals surface area contributed by atoms with Crippen LogP contribution in [0.5, 0.6) is 0 Å². The highest BCUT2D eigenvalue weighted by Gasteiger charge is 2.16. The third-order valence-electron chi connectivity index (χ3n) is 3.00. The summed E-state index contributed by atoms with van der Waals surface area (Å²) in [6.07, 6.45) is 2.77. The highest BCUT2D eigenvalue weighted by molar-refractivity contribution is 5.77. The van der Waals surface area contributed by atoms with Crippen LogP contribution in [0, 0.1) is 17.2 Å². The molecular formula is C12H22N4O. The van der Waals surface area contributed by atoms with Crippen LogP contribution >= 0.6 is 0 Å². The van der Waals surface area contributed by atoms with Gasteiger partial charge in [-0.1, -0.05) is 0 Å². The molecular weight excluding hydrogens is 216 g/mol. The average Bonchev–Trinajstić information content (AvgIpc) is 2.30. The molecule has 1 aliphatic rings. The molecule has 2 N–H and O–H groups in total. The number of nitrogens with zero attached hydrogens (tertiary/aromatic N) is 2. The number of carbonyl (C=O) groups is 1. The van der Waals surface area contributed by atoms with E-state index in [-0.39, 0.29) is 5.91 Å². The van der Waals surface area contributed by atoms with Crippen LogP contribution in [0.1, 0.15) is 19.3 Å². The lowest BCUT2D eigenvalue weighted by Crippen LogP contribution is -2.40. The molecule has 0 radical (unpaired) electrons. The van der Waals surface area contributed by atoms with Gasteiger partial charge >= 0.3 is 0 Å². The first kappa shape index (κ1) is 13.9. The van der Waals surface area contributed by atoms with Gasteiger partial charge in [-0.3, -0.25) is 9.69 Å². The van der Waals surface area contributed by atoms with Gasteiger partial charge in [0, 0.05) is 13.1 Å². The number of nitrogens with one attached hydrogen (secondary N) is 2. The molecule has 1 fully saturated rings. The highest BCUT2D eigenvalue weighted by Crippen LogP contribution is 2.12. The Hall–Kier alpha value is -1.12. The van der Waals surface area contributed by atoms with E-state index in [1.54, 1.807) is 0 Å². The zero-order chi connectivity index (χ0) is 12.5. The van der Waals surface area contributed by atoms with E-state index in [9.17, 15) is 4.79 Å². The zero-order valence-electron chi connectivity index (χ0n) is 10.5. The third-order valence-corrected chi connectivity index (χ3v) is 3.00. The van der Waals surface area contributed by atoms with Gasteiger partial charge in [-0.2, -0.15) is 5.26 Å². The van der Waals surface area contributed by atoms with Gasteiger partial charge in [-0.15, -0.1) is 0 Å². The van der Waals surface area contributed by atoms with Gasteiger partial charge in [0.1, 0.15) is 0 Å². The lowest BCUT2D eigenvalue weighted by Gasteiger charge is -2.27. The SMILES string of the molecule is CN(CC(=O)NCCC#N)CC1CCNCC1. The first-order valence-electron chi connectivity index (χ1n) is 6.25. The van der Waals surface area contributed by atoms with Crippen molar-refractivity contribution in [2.75, 3.05) is 39.8 Å². The van der Waals surface area contributed by atoms with E-state index in [2.05, 4.69) is 15.5 Å². The van der Waals surface area contributed by atoms with E-state index >= 15 is 0 Å².